The molecule has 0 aromatic heterocycles. The van der Waals surface area contributed by atoms with Crippen LogP contribution in [-0.2, 0) is 13.1 Å². The molecule has 1 fully saturated rings. The molecule has 2 rings (SSSR count). The van der Waals surface area contributed by atoms with Crippen molar-refractivity contribution in [3.63, 3.8) is 0 Å². The maximum atomic E-state index is 5.54. The Morgan fingerprint density at radius 3 is 2.67 bits per heavy atom. The van der Waals surface area contributed by atoms with Crippen LogP contribution in [0.2, 0.25) is 0 Å². The molecule has 1 aliphatic heterocycles. The molecule has 3 heteroatoms. The molecule has 118 valence electrons. The first kappa shape index (κ1) is 16.3. The molecule has 0 aliphatic carbocycles. The SMILES string of the molecule is CNCc1ccc(OC)c(CN2CCC(C(C)(C)C)C2)c1. The Balaban J connectivity index is 2.07. The normalized spacial score (nSPS) is 20.0. The van der Waals surface area contributed by atoms with E-state index in [9.17, 15) is 0 Å². The molecule has 1 aromatic rings. The molecule has 1 aromatic carbocycles. The highest BCUT2D eigenvalue weighted by Crippen LogP contribution is 2.34. The van der Waals surface area contributed by atoms with Crippen molar-refractivity contribution in [2.45, 2.75) is 40.3 Å². The number of nitrogens with one attached hydrogen (secondary N) is 1. The van der Waals surface area contributed by atoms with Crippen LogP contribution in [-0.4, -0.2) is 32.1 Å². The summed E-state index contributed by atoms with van der Waals surface area (Å²) < 4.78 is 5.54. The number of hydrogen-bond donors (Lipinski definition) is 1. The minimum absolute atomic E-state index is 0.410. The lowest BCUT2D eigenvalue weighted by molar-refractivity contribution is 0.225. The molecule has 1 N–H and O–H groups in total. The van der Waals surface area contributed by atoms with E-state index in [1.54, 1.807) is 7.11 Å². The minimum Gasteiger partial charge on any atom is -0.496 e. The summed E-state index contributed by atoms with van der Waals surface area (Å²) in [4.78, 5) is 2.57. The summed E-state index contributed by atoms with van der Waals surface area (Å²) >= 11 is 0. The van der Waals surface area contributed by atoms with Gasteiger partial charge in [0.2, 0.25) is 0 Å². The molecule has 1 heterocycles. The van der Waals surface area contributed by atoms with Crippen molar-refractivity contribution >= 4 is 0 Å². The maximum absolute atomic E-state index is 5.54. The second-order valence-corrected chi connectivity index (χ2v) is 7.26. The highest BCUT2D eigenvalue weighted by Gasteiger charge is 2.31. The molecule has 0 spiro atoms. The van der Waals surface area contributed by atoms with Crippen molar-refractivity contribution in [3.8, 4) is 5.75 Å². The zero-order chi connectivity index (χ0) is 15.5. The third kappa shape index (κ3) is 4.21. The highest BCUT2D eigenvalue weighted by molar-refractivity contribution is 5.37. The Bertz CT molecular complexity index is 465. The first-order valence-corrected chi connectivity index (χ1v) is 7.96. The summed E-state index contributed by atoms with van der Waals surface area (Å²) in [5.41, 5.74) is 3.03. The molecular weight excluding hydrogens is 260 g/mol. The fraction of sp³-hybridized carbons (Fsp3) is 0.667. The van der Waals surface area contributed by atoms with Crippen LogP contribution in [0.25, 0.3) is 0 Å². The van der Waals surface area contributed by atoms with Crippen LogP contribution < -0.4 is 10.1 Å². The van der Waals surface area contributed by atoms with E-state index >= 15 is 0 Å². The highest BCUT2D eigenvalue weighted by atomic mass is 16.5. The Kier molecular flexibility index (Phi) is 5.28. The molecule has 0 radical (unpaired) electrons. The predicted octanol–water partition coefficient (Wildman–Crippen LogP) is 3.28. The second-order valence-electron chi connectivity index (χ2n) is 7.26. The average Bonchev–Trinajstić information content (AvgIpc) is 2.88. The lowest BCUT2D eigenvalue weighted by Gasteiger charge is -2.27. The molecular formula is C18H30N2O. The van der Waals surface area contributed by atoms with Gasteiger partial charge in [-0.05, 0) is 49.0 Å². The Morgan fingerprint density at radius 2 is 2.10 bits per heavy atom. The van der Waals surface area contributed by atoms with Crippen LogP contribution in [0, 0.1) is 11.3 Å². The number of methoxy groups -OCH3 is 1. The van der Waals surface area contributed by atoms with Crippen LogP contribution in [0.3, 0.4) is 0 Å². The first-order chi connectivity index (χ1) is 9.94. The van der Waals surface area contributed by atoms with E-state index in [1.165, 1.54) is 30.6 Å². The summed E-state index contributed by atoms with van der Waals surface area (Å²) in [6, 6.07) is 6.51. The van der Waals surface area contributed by atoms with Gasteiger partial charge >= 0.3 is 0 Å². The van der Waals surface area contributed by atoms with E-state index in [-0.39, 0.29) is 0 Å². The van der Waals surface area contributed by atoms with Gasteiger partial charge in [0.05, 0.1) is 7.11 Å². The lowest BCUT2D eigenvalue weighted by atomic mass is 9.80. The molecule has 1 saturated heterocycles. The maximum Gasteiger partial charge on any atom is 0.123 e. The topological polar surface area (TPSA) is 24.5 Å². The summed E-state index contributed by atoms with van der Waals surface area (Å²) in [6.07, 6.45) is 1.31. The molecule has 0 bridgehead atoms. The van der Waals surface area contributed by atoms with Crippen molar-refractivity contribution in [3.05, 3.63) is 29.3 Å². The van der Waals surface area contributed by atoms with Crippen LogP contribution in [0.1, 0.15) is 38.3 Å². The van der Waals surface area contributed by atoms with E-state index in [0.29, 0.717) is 5.41 Å². The van der Waals surface area contributed by atoms with Gasteiger partial charge in [-0.3, -0.25) is 4.90 Å². The lowest BCUT2D eigenvalue weighted by Crippen LogP contribution is -2.26. The number of rotatable bonds is 5. The third-order valence-electron chi connectivity index (χ3n) is 4.62. The first-order valence-electron chi connectivity index (χ1n) is 7.96. The number of nitrogens with zero attached hydrogens (tertiary/aromatic N) is 1. The van der Waals surface area contributed by atoms with E-state index < -0.39 is 0 Å². The van der Waals surface area contributed by atoms with Gasteiger partial charge in [0.15, 0.2) is 0 Å². The largest absolute Gasteiger partial charge is 0.496 e. The van der Waals surface area contributed by atoms with Gasteiger partial charge in [-0.1, -0.05) is 26.8 Å². The van der Waals surface area contributed by atoms with Gasteiger partial charge in [-0.25, -0.2) is 0 Å². The van der Waals surface area contributed by atoms with Gasteiger partial charge in [-0.15, -0.1) is 0 Å². The zero-order valence-electron chi connectivity index (χ0n) is 14.2. The van der Waals surface area contributed by atoms with Crippen LogP contribution >= 0.6 is 0 Å². The van der Waals surface area contributed by atoms with Crippen molar-refractivity contribution < 1.29 is 4.74 Å². The summed E-state index contributed by atoms with van der Waals surface area (Å²) in [5.74, 6) is 1.80. The van der Waals surface area contributed by atoms with Gasteiger partial charge in [-0.2, -0.15) is 0 Å². The molecule has 1 unspecified atom stereocenters. The molecule has 0 amide bonds. The monoisotopic (exact) mass is 290 g/mol. The number of ether oxygens (including phenoxy) is 1. The molecule has 21 heavy (non-hydrogen) atoms. The van der Waals surface area contributed by atoms with Crippen LogP contribution in [0.4, 0.5) is 0 Å². The Morgan fingerprint density at radius 1 is 1.33 bits per heavy atom. The van der Waals surface area contributed by atoms with E-state index in [0.717, 1.165) is 24.8 Å². The van der Waals surface area contributed by atoms with Crippen LogP contribution in [0.15, 0.2) is 18.2 Å². The van der Waals surface area contributed by atoms with Gasteiger partial charge in [0, 0.05) is 25.2 Å². The second kappa shape index (κ2) is 6.80. The van der Waals surface area contributed by atoms with E-state index in [2.05, 4.69) is 49.2 Å². The molecule has 1 aliphatic rings. The summed E-state index contributed by atoms with van der Waals surface area (Å²) in [7, 11) is 3.75. The standard InChI is InChI=1S/C18H30N2O/c1-18(2,3)16-8-9-20(13-16)12-15-10-14(11-19-4)6-7-17(15)21-5/h6-7,10,16,19H,8-9,11-13H2,1-5H3. The van der Waals surface area contributed by atoms with Crippen LogP contribution in [0.5, 0.6) is 5.75 Å². The number of benzene rings is 1. The third-order valence-corrected chi connectivity index (χ3v) is 4.62. The van der Waals surface area contributed by atoms with Crippen molar-refractivity contribution in [1.29, 1.82) is 0 Å². The van der Waals surface area contributed by atoms with E-state index in [1.807, 2.05) is 7.05 Å². The fourth-order valence-corrected chi connectivity index (χ4v) is 3.19. The summed E-state index contributed by atoms with van der Waals surface area (Å²) in [5, 5.41) is 3.21. The average molecular weight is 290 g/mol. The summed E-state index contributed by atoms with van der Waals surface area (Å²) in [6.45, 7) is 11.4. The molecule has 0 saturated carbocycles. The molecule has 1 atom stereocenters. The van der Waals surface area contributed by atoms with Gasteiger partial charge in [0.1, 0.15) is 5.75 Å². The quantitative estimate of drug-likeness (QED) is 0.900. The predicted molar refractivity (Wildman–Crippen MR) is 88.6 cm³/mol. The number of likely N-dealkylation sites (tertiary alicyclic amines) is 1. The number of hydrogen-bond acceptors (Lipinski definition) is 3. The van der Waals surface area contributed by atoms with Gasteiger partial charge < -0.3 is 10.1 Å². The molecule has 3 nitrogen and oxygen atoms in total. The minimum atomic E-state index is 0.410. The Hall–Kier alpha value is -1.06. The van der Waals surface area contributed by atoms with Crippen molar-refractivity contribution in [1.82, 2.24) is 10.2 Å². The Labute approximate surface area is 129 Å². The van der Waals surface area contributed by atoms with Crippen molar-refractivity contribution in [2.24, 2.45) is 11.3 Å². The van der Waals surface area contributed by atoms with E-state index in [4.69, 9.17) is 4.74 Å². The zero-order valence-corrected chi connectivity index (χ0v) is 14.2. The van der Waals surface area contributed by atoms with Crippen molar-refractivity contribution in [2.75, 3.05) is 27.2 Å². The fourth-order valence-electron chi connectivity index (χ4n) is 3.19. The smallest absolute Gasteiger partial charge is 0.123 e. The van der Waals surface area contributed by atoms with Gasteiger partial charge in [0.25, 0.3) is 0 Å².